The molecule has 0 radical (unpaired) electrons. The SMILES string of the molecule is Cc1cnc(CNCC2(N)CCC2)s1. The van der Waals surface area contributed by atoms with Crippen molar-refractivity contribution in [1.82, 2.24) is 10.3 Å². The number of rotatable bonds is 4. The lowest BCUT2D eigenvalue weighted by atomic mass is 9.78. The third-order valence-corrected chi connectivity index (χ3v) is 3.68. The molecule has 0 aromatic carbocycles. The molecule has 0 aliphatic heterocycles. The van der Waals surface area contributed by atoms with E-state index in [1.807, 2.05) is 6.20 Å². The molecular weight excluding hydrogens is 194 g/mol. The highest BCUT2D eigenvalue weighted by Gasteiger charge is 2.31. The molecule has 0 amide bonds. The summed E-state index contributed by atoms with van der Waals surface area (Å²) in [6.45, 7) is 3.86. The van der Waals surface area contributed by atoms with Gasteiger partial charge in [-0.3, -0.25) is 0 Å². The van der Waals surface area contributed by atoms with Crippen molar-refractivity contribution in [1.29, 1.82) is 0 Å². The van der Waals surface area contributed by atoms with E-state index in [2.05, 4.69) is 17.2 Å². The second-order valence-electron chi connectivity index (χ2n) is 4.18. The van der Waals surface area contributed by atoms with Gasteiger partial charge in [-0.1, -0.05) is 0 Å². The first-order valence-electron chi connectivity index (χ1n) is 5.09. The van der Waals surface area contributed by atoms with Crippen molar-refractivity contribution in [3.8, 4) is 0 Å². The molecule has 1 saturated carbocycles. The number of hydrogen-bond donors (Lipinski definition) is 2. The monoisotopic (exact) mass is 211 g/mol. The fraction of sp³-hybridized carbons (Fsp3) is 0.700. The number of hydrogen-bond acceptors (Lipinski definition) is 4. The molecule has 1 fully saturated rings. The smallest absolute Gasteiger partial charge is 0.107 e. The van der Waals surface area contributed by atoms with Gasteiger partial charge in [0, 0.05) is 29.7 Å². The molecular formula is C10H17N3S. The molecule has 0 saturated heterocycles. The van der Waals surface area contributed by atoms with Gasteiger partial charge in [0.25, 0.3) is 0 Å². The summed E-state index contributed by atoms with van der Waals surface area (Å²) in [6.07, 6.45) is 5.53. The number of thiazole rings is 1. The molecule has 0 unspecified atom stereocenters. The molecule has 78 valence electrons. The summed E-state index contributed by atoms with van der Waals surface area (Å²) in [7, 11) is 0. The summed E-state index contributed by atoms with van der Waals surface area (Å²) in [5.41, 5.74) is 6.17. The Morgan fingerprint density at radius 2 is 2.43 bits per heavy atom. The summed E-state index contributed by atoms with van der Waals surface area (Å²) in [5.74, 6) is 0. The Morgan fingerprint density at radius 1 is 1.64 bits per heavy atom. The van der Waals surface area contributed by atoms with Gasteiger partial charge in [0.1, 0.15) is 5.01 Å². The van der Waals surface area contributed by atoms with Crippen LogP contribution in [0.3, 0.4) is 0 Å². The van der Waals surface area contributed by atoms with Crippen LogP contribution in [-0.4, -0.2) is 17.1 Å². The lowest BCUT2D eigenvalue weighted by molar-refractivity contribution is 0.239. The predicted octanol–water partition coefficient (Wildman–Crippen LogP) is 1.42. The van der Waals surface area contributed by atoms with Crippen LogP contribution < -0.4 is 11.1 Å². The highest BCUT2D eigenvalue weighted by atomic mass is 32.1. The minimum absolute atomic E-state index is 0.0757. The van der Waals surface area contributed by atoms with E-state index in [9.17, 15) is 0 Å². The first kappa shape index (κ1) is 10.1. The summed E-state index contributed by atoms with van der Waals surface area (Å²) in [5, 5.41) is 4.54. The standard InChI is InChI=1S/C10H17N3S/c1-8-5-13-9(14-8)6-12-7-10(11)3-2-4-10/h5,12H,2-4,6-7,11H2,1H3. The zero-order chi connectivity index (χ0) is 10.0. The number of nitrogens with zero attached hydrogens (tertiary/aromatic N) is 1. The maximum absolute atomic E-state index is 6.09. The first-order valence-corrected chi connectivity index (χ1v) is 5.91. The van der Waals surface area contributed by atoms with Gasteiger partial charge in [-0.2, -0.15) is 0 Å². The largest absolute Gasteiger partial charge is 0.324 e. The lowest BCUT2D eigenvalue weighted by Gasteiger charge is -2.38. The number of aromatic nitrogens is 1. The Balaban J connectivity index is 1.72. The van der Waals surface area contributed by atoms with Crippen LogP contribution in [0.5, 0.6) is 0 Å². The van der Waals surface area contributed by atoms with Gasteiger partial charge in [0.05, 0.1) is 0 Å². The molecule has 4 heteroatoms. The van der Waals surface area contributed by atoms with Crippen LogP contribution in [0.25, 0.3) is 0 Å². The topological polar surface area (TPSA) is 50.9 Å². The number of nitrogens with one attached hydrogen (secondary N) is 1. The van der Waals surface area contributed by atoms with Crippen LogP contribution >= 0.6 is 11.3 Å². The minimum atomic E-state index is 0.0757. The maximum Gasteiger partial charge on any atom is 0.107 e. The average Bonchev–Trinajstić information content (AvgIpc) is 2.49. The van der Waals surface area contributed by atoms with Gasteiger partial charge in [-0.25, -0.2) is 4.98 Å². The van der Waals surface area contributed by atoms with Crippen molar-refractivity contribution in [3.05, 3.63) is 16.1 Å². The Morgan fingerprint density at radius 3 is 2.93 bits per heavy atom. The molecule has 0 spiro atoms. The molecule has 1 aromatic heterocycles. The highest BCUT2D eigenvalue weighted by molar-refractivity contribution is 7.11. The Hall–Kier alpha value is -0.450. The summed E-state index contributed by atoms with van der Waals surface area (Å²) in [4.78, 5) is 5.57. The van der Waals surface area contributed by atoms with Crippen molar-refractivity contribution < 1.29 is 0 Å². The van der Waals surface area contributed by atoms with E-state index >= 15 is 0 Å². The van der Waals surface area contributed by atoms with Crippen molar-refractivity contribution in [2.24, 2.45) is 5.73 Å². The maximum atomic E-state index is 6.09. The quantitative estimate of drug-likeness (QED) is 0.792. The second kappa shape index (κ2) is 3.96. The fourth-order valence-corrected chi connectivity index (χ4v) is 2.47. The summed E-state index contributed by atoms with van der Waals surface area (Å²) >= 11 is 1.75. The molecule has 0 atom stereocenters. The molecule has 3 N–H and O–H groups in total. The average molecular weight is 211 g/mol. The van der Waals surface area contributed by atoms with E-state index in [4.69, 9.17) is 5.73 Å². The van der Waals surface area contributed by atoms with E-state index in [0.29, 0.717) is 0 Å². The van der Waals surface area contributed by atoms with Crippen LogP contribution in [0.2, 0.25) is 0 Å². The van der Waals surface area contributed by atoms with E-state index in [1.165, 1.54) is 11.3 Å². The Labute approximate surface area is 88.7 Å². The molecule has 1 heterocycles. The van der Waals surface area contributed by atoms with Crippen molar-refractivity contribution in [2.75, 3.05) is 6.54 Å². The molecule has 3 nitrogen and oxygen atoms in total. The minimum Gasteiger partial charge on any atom is -0.324 e. The van der Waals surface area contributed by atoms with Gasteiger partial charge in [-0.05, 0) is 26.2 Å². The van der Waals surface area contributed by atoms with Gasteiger partial charge < -0.3 is 11.1 Å². The third kappa shape index (κ3) is 2.32. The molecule has 1 aliphatic carbocycles. The van der Waals surface area contributed by atoms with E-state index in [1.54, 1.807) is 11.3 Å². The Bertz CT molecular complexity index is 304. The molecule has 14 heavy (non-hydrogen) atoms. The molecule has 2 rings (SSSR count). The zero-order valence-electron chi connectivity index (χ0n) is 8.55. The summed E-state index contributed by atoms with van der Waals surface area (Å²) in [6, 6.07) is 0. The van der Waals surface area contributed by atoms with E-state index in [-0.39, 0.29) is 5.54 Å². The van der Waals surface area contributed by atoms with Crippen molar-refractivity contribution in [3.63, 3.8) is 0 Å². The van der Waals surface area contributed by atoms with Gasteiger partial charge in [0.2, 0.25) is 0 Å². The van der Waals surface area contributed by atoms with E-state index < -0.39 is 0 Å². The van der Waals surface area contributed by atoms with Crippen LogP contribution in [0.4, 0.5) is 0 Å². The fourth-order valence-electron chi connectivity index (χ4n) is 1.71. The first-order chi connectivity index (χ1) is 6.68. The number of aryl methyl sites for hydroxylation is 1. The number of nitrogens with two attached hydrogens (primary N) is 1. The highest BCUT2D eigenvalue weighted by Crippen LogP contribution is 2.28. The third-order valence-electron chi connectivity index (χ3n) is 2.77. The van der Waals surface area contributed by atoms with Crippen LogP contribution in [0.15, 0.2) is 6.20 Å². The molecule has 1 aromatic rings. The second-order valence-corrected chi connectivity index (χ2v) is 5.50. The molecule has 0 bridgehead atoms. The summed E-state index contributed by atoms with van der Waals surface area (Å²) < 4.78 is 0. The molecule has 1 aliphatic rings. The Kier molecular flexibility index (Phi) is 2.85. The van der Waals surface area contributed by atoms with Crippen LogP contribution in [0.1, 0.15) is 29.1 Å². The van der Waals surface area contributed by atoms with Gasteiger partial charge >= 0.3 is 0 Å². The van der Waals surface area contributed by atoms with E-state index in [0.717, 1.165) is 30.9 Å². The van der Waals surface area contributed by atoms with Gasteiger partial charge in [0.15, 0.2) is 0 Å². The van der Waals surface area contributed by atoms with Crippen molar-refractivity contribution in [2.45, 2.75) is 38.3 Å². The van der Waals surface area contributed by atoms with Crippen molar-refractivity contribution >= 4 is 11.3 Å². The van der Waals surface area contributed by atoms with Gasteiger partial charge in [-0.15, -0.1) is 11.3 Å². The lowest BCUT2D eigenvalue weighted by Crippen LogP contribution is -2.53. The van der Waals surface area contributed by atoms with Crippen LogP contribution in [-0.2, 0) is 6.54 Å². The van der Waals surface area contributed by atoms with Crippen LogP contribution in [0, 0.1) is 6.92 Å². The normalized spacial score (nSPS) is 19.3. The zero-order valence-corrected chi connectivity index (χ0v) is 9.36. The predicted molar refractivity (Wildman–Crippen MR) is 59.3 cm³/mol.